The molecule has 0 spiro atoms. The van der Waals surface area contributed by atoms with Gasteiger partial charge in [0.25, 0.3) is 0 Å². The first-order valence-electron chi connectivity index (χ1n) is 6.35. The fourth-order valence-corrected chi connectivity index (χ4v) is 2.52. The highest BCUT2D eigenvalue weighted by Crippen LogP contribution is 2.39. The summed E-state index contributed by atoms with van der Waals surface area (Å²) in [5.41, 5.74) is 2.45. The average molecular weight is 229 g/mol. The van der Waals surface area contributed by atoms with Gasteiger partial charge in [-0.2, -0.15) is 5.26 Å². The molecule has 17 heavy (non-hydrogen) atoms. The lowest BCUT2D eigenvalue weighted by atomic mass is 9.83. The zero-order valence-electron chi connectivity index (χ0n) is 10.4. The Hall–Kier alpha value is -1.33. The van der Waals surface area contributed by atoms with Gasteiger partial charge in [0.15, 0.2) is 0 Å². The van der Waals surface area contributed by atoms with Gasteiger partial charge in [-0.15, -0.1) is 0 Å². The molecule has 0 atom stereocenters. The molecule has 0 saturated heterocycles. The molecule has 1 aromatic rings. The fourth-order valence-electron chi connectivity index (χ4n) is 2.52. The van der Waals surface area contributed by atoms with Gasteiger partial charge in [-0.3, -0.25) is 0 Å². The number of nitriles is 1. The fraction of sp³-hybridized carbons (Fsp3) is 0.533. The van der Waals surface area contributed by atoms with E-state index in [-0.39, 0.29) is 5.41 Å². The Morgan fingerprint density at radius 3 is 2.41 bits per heavy atom. The van der Waals surface area contributed by atoms with Crippen LogP contribution in [0.1, 0.15) is 30.9 Å². The van der Waals surface area contributed by atoms with Crippen LogP contribution in [0, 0.1) is 16.7 Å². The molecule has 0 aliphatic heterocycles. The quantitative estimate of drug-likeness (QED) is 0.727. The summed E-state index contributed by atoms with van der Waals surface area (Å²) in [4.78, 5) is 0. The Morgan fingerprint density at radius 1 is 1.24 bits per heavy atom. The zero-order valence-corrected chi connectivity index (χ0v) is 10.4. The van der Waals surface area contributed by atoms with E-state index in [4.69, 9.17) is 4.74 Å². The minimum absolute atomic E-state index is 0.225. The number of hydrogen-bond donors (Lipinski definition) is 0. The van der Waals surface area contributed by atoms with Gasteiger partial charge < -0.3 is 4.74 Å². The summed E-state index contributed by atoms with van der Waals surface area (Å²) >= 11 is 0. The summed E-state index contributed by atoms with van der Waals surface area (Å²) in [7, 11) is 0. The summed E-state index contributed by atoms with van der Waals surface area (Å²) < 4.78 is 5.52. The second kappa shape index (κ2) is 5.33. The van der Waals surface area contributed by atoms with Crippen molar-refractivity contribution in [3.8, 4) is 6.07 Å². The molecule has 0 amide bonds. The number of fused-ring (bicyclic) bond motifs is 1. The summed E-state index contributed by atoms with van der Waals surface area (Å²) in [5.74, 6) is 0. The Kier molecular flexibility index (Phi) is 3.81. The van der Waals surface area contributed by atoms with Crippen molar-refractivity contribution in [3.63, 3.8) is 0 Å². The van der Waals surface area contributed by atoms with E-state index in [0.717, 1.165) is 32.3 Å². The van der Waals surface area contributed by atoms with Gasteiger partial charge in [-0.1, -0.05) is 31.2 Å². The molecule has 0 radical (unpaired) electrons. The van der Waals surface area contributed by atoms with E-state index >= 15 is 0 Å². The number of nitrogens with zero attached hydrogens (tertiary/aromatic N) is 1. The van der Waals surface area contributed by atoms with E-state index in [1.54, 1.807) is 0 Å². The van der Waals surface area contributed by atoms with E-state index < -0.39 is 0 Å². The van der Waals surface area contributed by atoms with Crippen LogP contribution in [-0.2, 0) is 17.6 Å². The third-order valence-corrected chi connectivity index (χ3v) is 3.49. The molecule has 0 heterocycles. The summed E-state index contributed by atoms with van der Waals surface area (Å²) in [6.45, 7) is 3.61. The Balaban J connectivity index is 1.98. The first-order valence-corrected chi connectivity index (χ1v) is 6.35. The van der Waals surface area contributed by atoms with Gasteiger partial charge in [-0.05, 0) is 36.8 Å². The third kappa shape index (κ3) is 2.68. The Morgan fingerprint density at radius 2 is 1.88 bits per heavy atom. The van der Waals surface area contributed by atoms with Crippen LogP contribution >= 0.6 is 0 Å². The van der Waals surface area contributed by atoms with Crippen LogP contribution < -0.4 is 0 Å². The van der Waals surface area contributed by atoms with Gasteiger partial charge in [0.05, 0.1) is 11.5 Å². The number of hydrogen-bond acceptors (Lipinski definition) is 2. The summed E-state index contributed by atoms with van der Waals surface area (Å²) in [5, 5.41) is 9.44. The van der Waals surface area contributed by atoms with Crippen molar-refractivity contribution in [3.05, 3.63) is 35.4 Å². The molecule has 1 aromatic carbocycles. The molecule has 0 saturated carbocycles. The maximum Gasteiger partial charge on any atom is 0.0697 e. The van der Waals surface area contributed by atoms with Crippen LogP contribution in [0.15, 0.2) is 24.3 Å². The van der Waals surface area contributed by atoms with E-state index in [1.165, 1.54) is 11.1 Å². The van der Waals surface area contributed by atoms with Crippen molar-refractivity contribution in [1.29, 1.82) is 5.26 Å². The normalized spacial score (nSPS) is 16.5. The molecule has 2 rings (SSSR count). The molecular formula is C15H19NO. The van der Waals surface area contributed by atoms with Gasteiger partial charge in [0.2, 0.25) is 0 Å². The van der Waals surface area contributed by atoms with Gasteiger partial charge in [0, 0.05) is 13.2 Å². The second-order valence-electron chi connectivity index (χ2n) is 4.88. The zero-order chi connectivity index (χ0) is 12.1. The van der Waals surface area contributed by atoms with Crippen LogP contribution in [0.25, 0.3) is 0 Å². The number of rotatable bonds is 5. The predicted octanol–water partition coefficient (Wildman–Crippen LogP) is 3.11. The van der Waals surface area contributed by atoms with Gasteiger partial charge in [0.1, 0.15) is 0 Å². The highest BCUT2D eigenvalue weighted by Gasteiger charge is 2.36. The lowest BCUT2D eigenvalue weighted by molar-refractivity contribution is 0.111. The minimum atomic E-state index is -0.225. The van der Waals surface area contributed by atoms with Crippen molar-refractivity contribution < 1.29 is 4.74 Å². The van der Waals surface area contributed by atoms with Crippen molar-refractivity contribution in [2.45, 2.75) is 32.6 Å². The highest BCUT2D eigenvalue weighted by atomic mass is 16.5. The Bertz CT molecular complexity index is 394. The molecule has 2 nitrogen and oxygen atoms in total. The van der Waals surface area contributed by atoms with E-state index in [9.17, 15) is 5.26 Å². The third-order valence-electron chi connectivity index (χ3n) is 3.49. The smallest absolute Gasteiger partial charge is 0.0697 e. The molecule has 0 bridgehead atoms. The molecule has 1 aliphatic carbocycles. The van der Waals surface area contributed by atoms with E-state index in [0.29, 0.717) is 6.61 Å². The summed E-state index contributed by atoms with van der Waals surface area (Å²) in [6, 6.07) is 10.9. The Labute approximate surface area is 103 Å². The lowest BCUT2D eigenvalue weighted by Gasteiger charge is -2.19. The van der Waals surface area contributed by atoms with Crippen LogP contribution in [0.4, 0.5) is 0 Å². The van der Waals surface area contributed by atoms with E-state index in [2.05, 4.69) is 37.3 Å². The van der Waals surface area contributed by atoms with Gasteiger partial charge >= 0.3 is 0 Å². The molecule has 90 valence electrons. The minimum Gasteiger partial charge on any atom is -0.381 e. The SMILES string of the molecule is CCCOCCC1(C#N)Cc2ccccc2C1. The molecule has 0 unspecified atom stereocenters. The van der Waals surface area contributed by atoms with Crippen LogP contribution in [-0.4, -0.2) is 13.2 Å². The average Bonchev–Trinajstić information content (AvgIpc) is 2.74. The molecule has 1 aliphatic rings. The first-order chi connectivity index (χ1) is 8.29. The topological polar surface area (TPSA) is 33.0 Å². The molecule has 0 aromatic heterocycles. The van der Waals surface area contributed by atoms with Crippen molar-refractivity contribution in [1.82, 2.24) is 0 Å². The van der Waals surface area contributed by atoms with Crippen molar-refractivity contribution in [2.75, 3.05) is 13.2 Å². The molecule has 0 N–H and O–H groups in total. The van der Waals surface area contributed by atoms with Gasteiger partial charge in [-0.25, -0.2) is 0 Å². The molecular weight excluding hydrogens is 210 g/mol. The first kappa shape index (κ1) is 12.1. The lowest BCUT2D eigenvalue weighted by Crippen LogP contribution is -2.21. The van der Waals surface area contributed by atoms with Crippen LogP contribution in [0.2, 0.25) is 0 Å². The monoisotopic (exact) mass is 229 g/mol. The standard InChI is InChI=1S/C15H19NO/c1-2-8-17-9-7-15(12-16)10-13-5-3-4-6-14(13)11-15/h3-6H,2,7-11H2,1H3. The molecule has 0 fully saturated rings. The van der Waals surface area contributed by atoms with Crippen molar-refractivity contribution >= 4 is 0 Å². The van der Waals surface area contributed by atoms with E-state index in [1.807, 2.05) is 0 Å². The highest BCUT2D eigenvalue weighted by molar-refractivity contribution is 5.36. The van der Waals surface area contributed by atoms with Crippen LogP contribution in [0.3, 0.4) is 0 Å². The largest absolute Gasteiger partial charge is 0.381 e. The number of ether oxygens (including phenoxy) is 1. The number of benzene rings is 1. The molecule has 2 heteroatoms. The van der Waals surface area contributed by atoms with Crippen molar-refractivity contribution in [2.24, 2.45) is 5.41 Å². The summed E-state index contributed by atoms with van der Waals surface area (Å²) in [6.07, 6.45) is 3.66. The maximum atomic E-state index is 9.44. The second-order valence-corrected chi connectivity index (χ2v) is 4.88. The predicted molar refractivity (Wildman–Crippen MR) is 67.6 cm³/mol. The maximum absolute atomic E-state index is 9.44. The van der Waals surface area contributed by atoms with Crippen LogP contribution in [0.5, 0.6) is 0 Å².